The van der Waals surface area contributed by atoms with Crippen LogP contribution in [0.1, 0.15) is 22.2 Å². The van der Waals surface area contributed by atoms with E-state index in [0.29, 0.717) is 35.2 Å². The van der Waals surface area contributed by atoms with E-state index in [-0.39, 0.29) is 24.4 Å². The number of nitrogens with zero attached hydrogens (tertiary/aromatic N) is 1. The monoisotopic (exact) mass is 444 g/mol. The molecule has 0 bridgehead atoms. The summed E-state index contributed by atoms with van der Waals surface area (Å²) >= 11 is 0. The lowest BCUT2D eigenvalue weighted by Gasteiger charge is -2.24. The van der Waals surface area contributed by atoms with E-state index in [1.807, 2.05) is 36.4 Å². The van der Waals surface area contributed by atoms with Crippen LogP contribution in [-0.4, -0.2) is 50.0 Å². The molecule has 1 aliphatic heterocycles. The summed E-state index contributed by atoms with van der Waals surface area (Å²) in [5.41, 5.74) is 3.60. The van der Waals surface area contributed by atoms with Crippen molar-refractivity contribution in [2.24, 2.45) is 0 Å². The molecule has 1 saturated heterocycles. The van der Waals surface area contributed by atoms with Gasteiger partial charge in [0.15, 0.2) is 11.5 Å². The average molecular weight is 445 g/mol. The number of amides is 1. The molecule has 1 unspecified atom stereocenters. The molecule has 164 valence electrons. The number of aromatic amines is 1. The second-order valence-corrected chi connectivity index (χ2v) is 6.88. The number of nitrogens with one attached hydrogen (secondary N) is 3. The number of ether oxygens (including phenoxy) is 3. The van der Waals surface area contributed by atoms with E-state index in [9.17, 15) is 4.79 Å². The fourth-order valence-corrected chi connectivity index (χ4v) is 3.34. The Labute approximate surface area is 186 Å². The quantitative estimate of drug-likeness (QED) is 0.539. The third kappa shape index (κ3) is 5.16. The third-order valence-corrected chi connectivity index (χ3v) is 4.97. The van der Waals surface area contributed by atoms with Crippen LogP contribution in [0.15, 0.2) is 48.5 Å². The molecule has 0 saturated carbocycles. The van der Waals surface area contributed by atoms with Crippen molar-refractivity contribution in [3.05, 3.63) is 59.8 Å². The van der Waals surface area contributed by atoms with E-state index in [0.717, 1.165) is 24.2 Å². The molecule has 1 aliphatic rings. The van der Waals surface area contributed by atoms with Gasteiger partial charge in [0.2, 0.25) is 0 Å². The maximum atomic E-state index is 12.6. The molecule has 31 heavy (non-hydrogen) atoms. The summed E-state index contributed by atoms with van der Waals surface area (Å²) in [6.45, 7) is 2.37. The van der Waals surface area contributed by atoms with E-state index in [4.69, 9.17) is 14.2 Å². The van der Waals surface area contributed by atoms with Crippen LogP contribution in [-0.2, 0) is 4.74 Å². The number of morpholine rings is 1. The first-order chi connectivity index (χ1) is 14.7. The van der Waals surface area contributed by atoms with Crippen LogP contribution in [0, 0.1) is 0 Å². The fourth-order valence-electron chi connectivity index (χ4n) is 3.34. The topological polar surface area (TPSA) is 97.5 Å². The van der Waals surface area contributed by atoms with Crippen LogP contribution in [0.2, 0.25) is 0 Å². The minimum Gasteiger partial charge on any atom is -0.493 e. The molecule has 2 heterocycles. The number of rotatable bonds is 6. The highest BCUT2D eigenvalue weighted by Crippen LogP contribution is 2.31. The van der Waals surface area contributed by atoms with E-state index < -0.39 is 0 Å². The van der Waals surface area contributed by atoms with E-state index in [1.54, 1.807) is 26.4 Å². The summed E-state index contributed by atoms with van der Waals surface area (Å²) in [6, 6.07) is 14.9. The fraction of sp³-hybridized carbons (Fsp3) is 0.273. The van der Waals surface area contributed by atoms with E-state index in [1.165, 1.54) is 0 Å². The van der Waals surface area contributed by atoms with Crippen molar-refractivity contribution in [2.45, 2.75) is 6.10 Å². The highest BCUT2D eigenvalue weighted by molar-refractivity contribution is 6.03. The van der Waals surface area contributed by atoms with Crippen LogP contribution in [0.25, 0.3) is 11.3 Å². The number of hydrogen-bond acceptors (Lipinski definition) is 6. The Morgan fingerprint density at radius 1 is 1.10 bits per heavy atom. The number of benzene rings is 2. The minimum atomic E-state index is -0.266. The smallest absolute Gasteiger partial charge is 0.273 e. The van der Waals surface area contributed by atoms with Gasteiger partial charge in [0.25, 0.3) is 5.91 Å². The predicted molar refractivity (Wildman–Crippen MR) is 120 cm³/mol. The van der Waals surface area contributed by atoms with Gasteiger partial charge in [0.1, 0.15) is 5.69 Å². The summed E-state index contributed by atoms with van der Waals surface area (Å²) in [4.78, 5) is 12.6. The number of hydrogen-bond donors (Lipinski definition) is 3. The molecule has 4 rings (SSSR count). The molecule has 0 spiro atoms. The highest BCUT2D eigenvalue weighted by atomic mass is 35.5. The van der Waals surface area contributed by atoms with Crippen LogP contribution in [0.3, 0.4) is 0 Å². The first-order valence-electron chi connectivity index (χ1n) is 9.69. The van der Waals surface area contributed by atoms with Crippen molar-refractivity contribution < 1.29 is 19.0 Å². The van der Waals surface area contributed by atoms with Gasteiger partial charge in [-0.25, -0.2) is 0 Å². The van der Waals surface area contributed by atoms with Crippen molar-refractivity contribution in [3.63, 3.8) is 0 Å². The summed E-state index contributed by atoms with van der Waals surface area (Å²) in [7, 11) is 3.16. The Hall–Kier alpha value is -3.07. The Morgan fingerprint density at radius 2 is 1.87 bits per heavy atom. The number of anilines is 1. The second kappa shape index (κ2) is 10.3. The van der Waals surface area contributed by atoms with Gasteiger partial charge in [-0.3, -0.25) is 9.89 Å². The van der Waals surface area contributed by atoms with Crippen molar-refractivity contribution in [1.29, 1.82) is 0 Å². The van der Waals surface area contributed by atoms with Crippen molar-refractivity contribution in [1.82, 2.24) is 15.5 Å². The molecule has 3 N–H and O–H groups in total. The first-order valence-corrected chi connectivity index (χ1v) is 9.69. The molecule has 9 heteroatoms. The van der Waals surface area contributed by atoms with Gasteiger partial charge >= 0.3 is 0 Å². The number of methoxy groups -OCH3 is 2. The molecule has 0 aliphatic carbocycles. The number of carbonyl (C=O) groups is 1. The van der Waals surface area contributed by atoms with Crippen LogP contribution in [0.4, 0.5) is 5.69 Å². The lowest BCUT2D eigenvalue weighted by molar-refractivity contribution is 0.0277. The van der Waals surface area contributed by atoms with Crippen molar-refractivity contribution in [3.8, 4) is 22.8 Å². The largest absolute Gasteiger partial charge is 0.493 e. The van der Waals surface area contributed by atoms with Gasteiger partial charge in [-0.05, 0) is 42.0 Å². The molecule has 1 atom stereocenters. The van der Waals surface area contributed by atoms with E-state index in [2.05, 4.69) is 20.8 Å². The van der Waals surface area contributed by atoms with Crippen LogP contribution in [0.5, 0.6) is 11.5 Å². The van der Waals surface area contributed by atoms with Gasteiger partial charge in [-0.1, -0.05) is 12.1 Å². The molecular weight excluding hydrogens is 420 g/mol. The minimum absolute atomic E-state index is 0. The summed E-state index contributed by atoms with van der Waals surface area (Å²) in [6.07, 6.45) is 0.0418. The molecule has 3 aromatic rings. The van der Waals surface area contributed by atoms with E-state index >= 15 is 0 Å². The van der Waals surface area contributed by atoms with Crippen molar-refractivity contribution in [2.75, 3.05) is 39.2 Å². The Bertz CT molecular complexity index is 1020. The lowest BCUT2D eigenvalue weighted by Crippen LogP contribution is -2.33. The number of halogens is 1. The zero-order valence-electron chi connectivity index (χ0n) is 17.3. The number of aromatic nitrogens is 2. The molecule has 0 radical (unpaired) electrons. The van der Waals surface area contributed by atoms with Gasteiger partial charge in [0.05, 0.1) is 32.6 Å². The van der Waals surface area contributed by atoms with Gasteiger partial charge in [-0.15, -0.1) is 12.4 Å². The van der Waals surface area contributed by atoms with Gasteiger partial charge in [-0.2, -0.15) is 5.10 Å². The molecule has 8 nitrogen and oxygen atoms in total. The summed E-state index contributed by atoms with van der Waals surface area (Å²) in [5, 5.41) is 13.2. The molecule has 1 fully saturated rings. The summed E-state index contributed by atoms with van der Waals surface area (Å²) in [5.74, 6) is 0.964. The standard InChI is InChI=1S/C22H24N4O4.ClH/c1-28-19-8-5-15(11-20(19)29-2)17-12-18(26-25-17)22(27)24-16-6-3-14(4-7-16)21-13-23-9-10-30-21;/h3-8,11-12,21,23H,9-10,13H2,1-2H3,(H,24,27)(H,25,26);1H. The SMILES string of the molecule is COc1ccc(-c2cc(C(=O)Nc3ccc(C4CNCCO4)cc3)[nH]n2)cc1OC.Cl. The van der Waals surface area contributed by atoms with Crippen molar-refractivity contribution >= 4 is 24.0 Å². The van der Waals surface area contributed by atoms with Gasteiger partial charge in [0, 0.05) is 24.3 Å². The van der Waals surface area contributed by atoms with Crippen LogP contribution < -0.4 is 20.1 Å². The molecule has 2 aromatic carbocycles. The molecular formula is C22H25ClN4O4. The lowest BCUT2D eigenvalue weighted by atomic mass is 10.1. The maximum absolute atomic E-state index is 12.6. The highest BCUT2D eigenvalue weighted by Gasteiger charge is 2.16. The third-order valence-electron chi connectivity index (χ3n) is 4.97. The number of carbonyl (C=O) groups excluding carboxylic acids is 1. The normalized spacial score (nSPS) is 15.6. The molecule has 1 aromatic heterocycles. The van der Waals surface area contributed by atoms with Gasteiger partial charge < -0.3 is 24.8 Å². The Balaban J connectivity index is 0.00000272. The first kappa shape index (κ1) is 22.6. The Kier molecular flexibility index (Phi) is 7.51. The second-order valence-electron chi connectivity index (χ2n) is 6.88. The predicted octanol–water partition coefficient (Wildman–Crippen LogP) is 3.43. The maximum Gasteiger partial charge on any atom is 0.273 e. The average Bonchev–Trinajstić information content (AvgIpc) is 3.30. The molecule has 1 amide bonds. The van der Waals surface area contributed by atoms with Crippen LogP contribution >= 0.6 is 12.4 Å². The number of H-pyrrole nitrogens is 1. The zero-order valence-corrected chi connectivity index (χ0v) is 18.1. The zero-order chi connectivity index (χ0) is 20.9. The Morgan fingerprint density at radius 3 is 2.55 bits per heavy atom. The summed E-state index contributed by atoms with van der Waals surface area (Å²) < 4.78 is 16.3.